The summed E-state index contributed by atoms with van der Waals surface area (Å²) in [7, 11) is 1.33. The number of carbonyl (C=O) groups excluding carboxylic acids is 3. The molecule has 1 fully saturated rings. The number of hydrogen-bond acceptors (Lipinski definition) is 6. The zero-order chi connectivity index (χ0) is 28.1. The predicted molar refractivity (Wildman–Crippen MR) is 158 cm³/mol. The summed E-state index contributed by atoms with van der Waals surface area (Å²) in [5, 5.41) is 6.34. The van der Waals surface area contributed by atoms with Crippen LogP contribution >= 0.6 is 0 Å². The Hall–Kier alpha value is -4.43. The van der Waals surface area contributed by atoms with Crippen LogP contribution in [-0.2, 0) is 14.3 Å². The van der Waals surface area contributed by atoms with Gasteiger partial charge in [-0.1, -0.05) is 42.8 Å². The van der Waals surface area contributed by atoms with Crippen molar-refractivity contribution in [3.63, 3.8) is 0 Å². The Morgan fingerprint density at radius 3 is 2.35 bits per heavy atom. The van der Waals surface area contributed by atoms with E-state index in [2.05, 4.69) is 15.5 Å². The molecule has 0 unspecified atom stereocenters. The van der Waals surface area contributed by atoms with Gasteiger partial charge in [0.25, 0.3) is 5.91 Å². The molecule has 0 spiro atoms. The second-order valence-corrected chi connectivity index (χ2v) is 10.1. The summed E-state index contributed by atoms with van der Waals surface area (Å²) in [5.41, 5.74) is 5.19. The fourth-order valence-corrected chi connectivity index (χ4v) is 5.31. The highest BCUT2D eigenvalue weighted by molar-refractivity contribution is 6.37. The van der Waals surface area contributed by atoms with Crippen molar-refractivity contribution in [3.05, 3.63) is 89.5 Å². The van der Waals surface area contributed by atoms with Gasteiger partial charge in [-0.05, 0) is 67.9 Å². The van der Waals surface area contributed by atoms with Crippen molar-refractivity contribution in [2.45, 2.75) is 26.2 Å². The van der Waals surface area contributed by atoms with Gasteiger partial charge >= 0.3 is 5.97 Å². The average molecular weight is 539 g/mol. The van der Waals surface area contributed by atoms with Gasteiger partial charge in [0.15, 0.2) is 0 Å². The highest BCUT2D eigenvalue weighted by Gasteiger charge is 2.29. The lowest BCUT2D eigenvalue weighted by molar-refractivity contribution is -0.116. The van der Waals surface area contributed by atoms with E-state index in [0.29, 0.717) is 34.6 Å². The molecule has 8 nitrogen and oxygen atoms in total. The topological polar surface area (TPSA) is 91.0 Å². The average Bonchev–Trinajstić information content (AvgIpc) is 3.31. The third kappa shape index (κ3) is 5.92. The highest BCUT2D eigenvalue weighted by atomic mass is 16.5. The first-order chi connectivity index (χ1) is 19.4. The maximum absolute atomic E-state index is 13.2. The van der Waals surface area contributed by atoms with Gasteiger partial charge in [-0.25, -0.2) is 4.79 Å². The van der Waals surface area contributed by atoms with Gasteiger partial charge in [-0.3, -0.25) is 9.59 Å². The molecule has 2 N–H and O–H groups in total. The van der Waals surface area contributed by atoms with E-state index in [9.17, 15) is 14.4 Å². The first kappa shape index (κ1) is 27.1. The molecule has 0 atom stereocenters. The van der Waals surface area contributed by atoms with E-state index in [4.69, 9.17) is 4.74 Å². The summed E-state index contributed by atoms with van der Waals surface area (Å²) in [4.78, 5) is 42.0. The maximum atomic E-state index is 13.2. The lowest BCUT2D eigenvalue weighted by Gasteiger charge is -2.29. The Bertz CT molecular complexity index is 1430. The summed E-state index contributed by atoms with van der Waals surface area (Å²) in [6.07, 6.45) is 3.72. The van der Waals surface area contributed by atoms with E-state index in [0.717, 1.165) is 36.6 Å². The summed E-state index contributed by atoms with van der Waals surface area (Å²) in [5.74, 6) is -0.720. The van der Waals surface area contributed by atoms with Gasteiger partial charge in [0, 0.05) is 37.0 Å². The number of benzene rings is 3. The van der Waals surface area contributed by atoms with E-state index in [1.807, 2.05) is 59.5 Å². The smallest absolute Gasteiger partial charge is 0.337 e. The van der Waals surface area contributed by atoms with Crippen LogP contribution in [0.2, 0.25) is 0 Å². The van der Waals surface area contributed by atoms with Crippen LogP contribution in [0.15, 0.2) is 72.8 Å². The van der Waals surface area contributed by atoms with Crippen LogP contribution < -0.4 is 15.5 Å². The van der Waals surface area contributed by atoms with Gasteiger partial charge < -0.3 is 25.2 Å². The number of anilines is 3. The molecule has 0 bridgehead atoms. The fraction of sp³-hybridized carbons (Fsp3) is 0.281. The molecule has 1 saturated heterocycles. The molecule has 3 aromatic carbocycles. The molecule has 206 valence electrons. The quantitative estimate of drug-likeness (QED) is 0.301. The zero-order valence-electron chi connectivity index (χ0n) is 22.9. The normalized spacial score (nSPS) is 16.1. The first-order valence-electron chi connectivity index (χ1n) is 13.7. The lowest BCUT2D eigenvalue weighted by Crippen LogP contribution is -2.39. The number of likely N-dealkylation sites (tertiary alicyclic amines) is 1. The Morgan fingerprint density at radius 2 is 1.68 bits per heavy atom. The Morgan fingerprint density at radius 1 is 0.950 bits per heavy atom. The first-order valence-corrected chi connectivity index (χ1v) is 13.7. The van der Waals surface area contributed by atoms with Crippen LogP contribution in [0.3, 0.4) is 0 Å². The van der Waals surface area contributed by atoms with Crippen LogP contribution in [0, 0.1) is 0 Å². The van der Waals surface area contributed by atoms with Crippen molar-refractivity contribution < 1.29 is 19.1 Å². The predicted octanol–water partition coefficient (Wildman–Crippen LogP) is 5.24. The largest absolute Gasteiger partial charge is 0.465 e. The minimum atomic E-state index is -0.466. The Kier molecular flexibility index (Phi) is 8.26. The van der Waals surface area contributed by atoms with Crippen molar-refractivity contribution in [1.29, 1.82) is 0 Å². The van der Waals surface area contributed by atoms with Gasteiger partial charge in [0.05, 0.1) is 29.6 Å². The molecule has 2 aliphatic rings. The number of hydrogen-bond donors (Lipinski definition) is 2. The molecule has 0 aliphatic carbocycles. The molecule has 5 rings (SSSR count). The molecule has 0 saturated carbocycles. The number of fused-ring (bicyclic) bond motifs is 1. The maximum Gasteiger partial charge on any atom is 0.337 e. The standard InChI is InChI=1S/C32H34N4O4/c1-22(37)36(20-19-35-17-7-4-8-18-35)26-14-12-25(13-15-26)33-30(23-9-5-3-6-10-23)29-27-16-11-24(32(39)40-2)21-28(27)34-31(29)38/h3,5-6,9-16,21,33H,4,7-8,17-20H2,1-2H3,(H,34,38)/b30-29-. The number of rotatable bonds is 8. The minimum Gasteiger partial charge on any atom is -0.465 e. The number of nitrogens with one attached hydrogen (secondary N) is 2. The van der Waals surface area contributed by atoms with Crippen molar-refractivity contribution in [3.8, 4) is 0 Å². The molecule has 0 radical (unpaired) electrons. The fourth-order valence-electron chi connectivity index (χ4n) is 5.31. The van der Waals surface area contributed by atoms with Crippen LogP contribution in [0.5, 0.6) is 0 Å². The number of amides is 2. The minimum absolute atomic E-state index is 0.00960. The summed E-state index contributed by atoms with van der Waals surface area (Å²) in [6, 6.07) is 22.4. The summed E-state index contributed by atoms with van der Waals surface area (Å²) in [6.45, 7) is 5.28. The number of piperidine rings is 1. The number of nitrogens with zero attached hydrogens (tertiary/aromatic N) is 2. The molecule has 40 heavy (non-hydrogen) atoms. The van der Waals surface area contributed by atoms with Crippen molar-refractivity contribution in [2.75, 3.05) is 48.8 Å². The second-order valence-electron chi connectivity index (χ2n) is 10.1. The summed E-state index contributed by atoms with van der Waals surface area (Å²) < 4.78 is 4.83. The molecule has 3 aromatic rings. The van der Waals surface area contributed by atoms with Crippen molar-refractivity contribution >= 4 is 46.1 Å². The lowest BCUT2D eigenvalue weighted by atomic mass is 9.99. The molecule has 2 aliphatic heterocycles. The van der Waals surface area contributed by atoms with E-state index in [1.165, 1.54) is 26.4 Å². The molecule has 2 heterocycles. The van der Waals surface area contributed by atoms with E-state index in [1.54, 1.807) is 25.1 Å². The van der Waals surface area contributed by atoms with Crippen LogP contribution in [0.4, 0.5) is 17.1 Å². The molecule has 2 amide bonds. The Balaban J connectivity index is 1.43. The van der Waals surface area contributed by atoms with E-state index >= 15 is 0 Å². The number of methoxy groups -OCH3 is 1. The van der Waals surface area contributed by atoms with Crippen LogP contribution in [-0.4, -0.2) is 56.0 Å². The van der Waals surface area contributed by atoms with Gasteiger partial charge in [-0.15, -0.1) is 0 Å². The van der Waals surface area contributed by atoms with Crippen LogP contribution in [0.25, 0.3) is 11.3 Å². The van der Waals surface area contributed by atoms with Gasteiger partial charge in [-0.2, -0.15) is 0 Å². The summed E-state index contributed by atoms with van der Waals surface area (Å²) >= 11 is 0. The van der Waals surface area contributed by atoms with Crippen molar-refractivity contribution in [1.82, 2.24) is 4.90 Å². The molecular weight excluding hydrogens is 504 g/mol. The second kappa shape index (κ2) is 12.2. The molecule has 0 aromatic heterocycles. The third-order valence-electron chi connectivity index (χ3n) is 7.41. The zero-order valence-corrected chi connectivity index (χ0v) is 22.9. The molecule has 8 heteroatoms. The van der Waals surface area contributed by atoms with Crippen molar-refractivity contribution in [2.24, 2.45) is 0 Å². The highest BCUT2D eigenvalue weighted by Crippen LogP contribution is 2.38. The Labute approximate surface area is 234 Å². The van der Waals surface area contributed by atoms with Gasteiger partial charge in [0.1, 0.15) is 0 Å². The molecular formula is C32H34N4O4. The number of esters is 1. The monoisotopic (exact) mass is 538 g/mol. The van der Waals surface area contributed by atoms with Gasteiger partial charge in [0.2, 0.25) is 5.91 Å². The van der Waals surface area contributed by atoms with Crippen LogP contribution in [0.1, 0.15) is 47.7 Å². The van der Waals surface area contributed by atoms with E-state index in [-0.39, 0.29) is 11.8 Å². The van der Waals surface area contributed by atoms with E-state index < -0.39 is 5.97 Å². The number of carbonyl (C=O) groups is 3. The third-order valence-corrected chi connectivity index (χ3v) is 7.41. The SMILES string of the molecule is COC(=O)c1ccc2c(c1)NC(=O)/C2=C(\Nc1ccc(N(CCN2CCCCC2)C(C)=O)cc1)c1ccccc1. The number of ether oxygens (including phenoxy) is 1.